The molecule has 1 aliphatic carbocycles. The van der Waals surface area contributed by atoms with Crippen molar-refractivity contribution in [2.45, 2.75) is 38.9 Å². The fraction of sp³-hybridized carbons (Fsp3) is 0.571. The van der Waals surface area contributed by atoms with Gasteiger partial charge in [0.1, 0.15) is 5.01 Å². The molecule has 0 N–H and O–H groups in total. The average Bonchev–Trinajstić information content (AvgIpc) is 3.05. The molecule has 2 aliphatic rings. The number of fused-ring (bicyclic) bond motifs is 1. The van der Waals surface area contributed by atoms with Crippen molar-refractivity contribution < 1.29 is 0 Å². The van der Waals surface area contributed by atoms with Gasteiger partial charge >= 0.3 is 0 Å². The summed E-state index contributed by atoms with van der Waals surface area (Å²) in [4.78, 5) is 4.18. The van der Waals surface area contributed by atoms with Crippen molar-refractivity contribution in [2.24, 2.45) is 5.92 Å². The van der Waals surface area contributed by atoms with E-state index in [0.717, 1.165) is 28.1 Å². The van der Waals surface area contributed by atoms with Crippen LogP contribution in [0.1, 0.15) is 34.3 Å². The molecule has 0 saturated heterocycles. The van der Waals surface area contributed by atoms with Gasteiger partial charge < -0.3 is 0 Å². The molecule has 4 rings (SSSR count). The molecule has 0 unspecified atom stereocenters. The minimum atomic E-state index is 0.592. The van der Waals surface area contributed by atoms with Crippen LogP contribution in [0.15, 0.2) is 11.4 Å². The molecule has 106 valence electrons. The highest BCUT2D eigenvalue weighted by Gasteiger charge is 2.40. The zero-order valence-electron chi connectivity index (χ0n) is 11.4. The van der Waals surface area contributed by atoms with Gasteiger partial charge in [0.05, 0.1) is 6.67 Å². The van der Waals surface area contributed by atoms with E-state index in [1.165, 1.54) is 19.3 Å². The van der Waals surface area contributed by atoms with Gasteiger partial charge in [-0.05, 0) is 61.3 Å². The lowest BCUT2D eigenvalue weighted by Crippen LogP contribution is -2.37. The second-order valence-electron chi connectivity index (χ2n) is 5.67. The van der Waals surface area contributed by atoms with Crippen LogP contribution in [0.25, 0.3) is 0 Å². The highest BCUT2D eigenvalue weighted by atomic mass is 32.1. The largest absolute Gasteiger partial charge is 0.277 e. The fourth-order valence-corrected chi connectivity index (χ4v) is 5.16. The third-order valence-corrected chi connectivity index (χ3v) is 6.43. The molecule has 0 bridgehead atoms. The first-order chi connectivity index (χ1) is 9.72. The normalized spacial score (nSPS) is 22.9. The summed E-state index contributed by atoms with van der Waals surface area (Å²) in [6.45, 7) is 4.01. The Balaban J connectivity index is 1.64. The molecule has 3 heterocycles. The lowest BCUT2D eigenvalue weighted by molar-refractivity contribution is 0.118. The van der Waals surface area contributed by atoms with Gasteiger partial charge in [-0.15, -0.1) is 11.3 Å². The predicted molar refractivity (Wildman–Crippen MR) is 85.9 cm³/mol. The van der Waals surface area contributed by atoms with Gasteiger partial charge in [-0.2, -0.15) is 5.10 Å². The number of aryl methyl sites for hydroxylation is 1. The topological polar surface area (TPSA) is 21.1 Å². The van der Waals surface area contributed by atoms with Crippen LogP contribution in [0.5, 0.6) is 0 Å². The first-order valence-corrected chi connectivity index (χ1v) is 9.17. The maximum Gasteiger partial charge on any atom is 0.180 e. The molecule has 1 saturated carbocycles. The van der Waals surface area contributed by atoms with Gasteiger partial charge in [-0.1, -0.05) is 11.3 Å². The van der Waals surface area contributed by atoms with E-state index in [0.29, 0.717) is 6.04 Å². The summed E-state index contributed by atoms with van der Waals surface area (Å²) in [7, 11) is 0. The van der Waals surface area contributed by atoms with Crippen molar-refractivity contribution in [3.8, 4) is 0 Å². The Hall–Kier alpha value is -0.560. The zero-order chi connectivity index (χ0) is 13.7. The Morgan fingerprint density at radius 2 is 2.30 bits per heavy atom. The van der Waals surface area contributed by atoms with Crippen molar-refractivity contribution >= 4 is 34.9 Å². The molecule has 0 radical (unpaired) electrons. The van der Waals surface area contributed by atoms with Crippen LogP contribution in [0.3, 0.4) is 0 Å². The molecule has 0 amide bonds. The summed E-state index contributed by atoms with van der Waals surface area (Å²) in [5, 5.41) is 7.87. The average molecular weight is 324 g/mol. The van der Waals surface area contributed by atoms with Gasteiger partial charge in [-0.3, -0.25) is 4.90 Å². The number of thiophene rings is 1. The zero-order valence-corrected chi connectivity index (χ0v) is 13.9. The van der Waals surface area contributed by atoms with Crippen molar-refractivity contribution in [3.63, 3.8) is 0 Å². The fourth-order valence-electron chi connectivity index (χ4n) is 3.19. The second-order valence-corrected chi connectivity index (χ2v) is 8.50. The predicted octanol–water partition coefficient (Wildman–Crippen LogP) is 4.01. The third kappa shape index (κ3) is 2.28. The van der Waals surface area contributed by atoms with Crippen LogP contribution < -0.4 is 0 Å². The van der Waals surface area contributed by atoms with E-state index in [4.69, 9.17) is 12.2 Å². The van der Waals surface area contributed by atoms with E-state index in [9.17, 15) is 0 Å². The monoisotopic (exact) mass is 323 g/mol. The van der Waals surface area contributed by atoms with E-state index in [2.05, 4.69) is 21.4 Å². The van der Waals surface area contributed by atoms with Gasteiger partial charge in [0.25, 0.3) is 0 Å². The lowest BCUT2D eigenvalue weighted by Gasteiger charge is -2.35. The van der Waals surface area contributed by atoms with Crippen LogP contribution in [0.4, 0.5) is 0 Å². The maximum atomic E-state index is 5.42. The van der Waals surface area contributed by atoms with Crippen LogP contribution in [-0.4, -0.2) is 21.2 Å². The van der Waals surface area contributed by atoms with Gasteiger partial charge in [0, 0.05) is 17.5 Å². The van der Waals surface area contributed by atoms with E-state index in [1.54, 1.807) is 21.8 Å². The van der Waals surface area contributed by atoms with Gasteiger partial charge in [-0.25, -0.2) is 4.68 Å². The quantitative estimate of drug-likeness (QED) is 0.796. The Labute approximate surface area is 131 Å². The number of rotatable bonds is 3. The molecule has 3 nitrogen and oxygen atoms in total. The maximum absolute atomic E-state index is 5.42. The summed E-state index contributed by atoms with van der Waals surface area (Å²) < 4.78 is 2.90. The summed E-state index contributed by atoms with van der Waals surface area (Å²) >= 11 is 8.95. The summed E-state index contributed by atoms with van der Waals surface area (Å²) in [6, 6.07) is 2.93. The van der Waals surface area contributed by atoms with Crippen molar-refractivity contribution in [1.82, 2.24) is 14.7 Å². The van der Waals surface area contributed by atoms with Crippen LogP contribution in [-0.2, 0) is 13.1 Å². The number of hydrogen-bond donors (Lipinski definition) is 0. The Kier molecular flexibility index (Phi) is 3.29. The number of nitrogens with zero attached hydrogens (tertiary/aromatic N) is 3. The van der Waals surface area contributed by atoms with Crippen LogP contribution in [0.2, 0.25) is 0 Å². The van der Waals surface area contributed by atoms with E-state index in [-0.39, 0.29) is 0 Å². The molecule has 0 spiro atoms. The molecule has 1 fully saturated rings. The lowest BCUT2D eigenvalue weighted by atomic mass is 9.96. The molecule has 2 aromatic rings. The first kappa shape index (κ1) is 13.1. The van der Waals surface area contributed by atoms with Crippen molar-refractivity contribution in [3.05, 3.63) is 30.8 Å². The summed E-state index contributed by atoms with van der Waals surface area (Å²) in [5.41, 5.74) is 1.57. The highest BCUT2D eigenvalue weighted by molar-refractivity contribution is 7.73. The molecule has 0 aromatic carbocycles. The van der Waals surface area contributed by atoms with Crippen LogP contribution >= 0.6 is 34.9 Å². The van der Waals surface area contributed by atoms with E-state index >= 15 is 0 Å². The Morgan fingerprint density at radius 3 is 3.00 bits per heavy atom. The summed E-state index contributed by atoms with van der Waals surface area (Å²) in [6.07, 6.45) is 3.92. The SMILES string of the molecule is Cc1nn(CN2CCc3sccc3[C@@H]2C2CC2)c(=S)s1. The minimum absolute atomic E-state index is 0.592. The molecule has 20 heavy (non-hydrogen) atoms. The van der Waals surface area contributed by atoms with E-state index in [1.807, 2.05) is 22.9 Å². The first-order valence-electron chi connectivity index (χ1n) is 7.07. The highest BCUT2D eigenvalue weighted by Crippen LogP contribution is 2.48. The summed E-state index contributed by atoms with van der Waals surface area (Å²) in [5.74, 6) is 0.845. The van der Waals surface area contributed by atoms with Crippen LogP contribution in [0, 0.1) is 16.8 Å². The molecule has 1 atom stereocenters. The standard InChI is InChI=1S/C14H17N3S3/c1-9-15-17(14(18)20-9)8-16-6-4-12-11(5-7-19-12)13(16)10-2-3-10/h5,7,10,13H,2-4,6,8H2,1H3/t13-/m0/s1. The number of hydrogen-bond acceptors (Lipinski definition) is 5. The molecule has 1 aliphatic heterocycles. The third-order valence-electron chi connectivity index (χ3n) is 4.21. The number of aromatic nitrogens is 2. The minimum Gasteiger partial charge on any atom is -0.277 e. The second kappa shape index (κ2) is 5.02. The van der Waals surface area contributed by atoms with Gasteiger partial charge in [0.15, 0.2) is 3.95 Å². The van der Waals surface area contributed by atoms with Crippen molar-refractivity contribution in [1.29, 1.82) is 0 Å². The smallest absolute Gasteiger partial charge is 0.180 e. The molecular formula is C14H17N3S3. The molecular weight excluding hydrogens is 306 g/mol. The van der Waals surface area contributed by atoms with E-state index < -0.39 is 0 Å². The Morgan fingerprint density at radius 1 is 1.45 bits per heavy atom. The Bertz CT molecular complexity index is 680. The van der Waals surface area contributed by atoms with Crippen molar-refractivity contribution in [2.75, 3.05) is 6.54 Å². The molecule has 2 aromatic heterocycles. The van der Waals surface area contributed by atoms with Gasteiger partial charge in [0.2, 0.25) is 0 Å². The molecule has 6 heteroatoms.